The van der Waals surface area contributed by atoms with Crippen LogP contribution in [0.25, 0.3) is 11.0 Å². The van der Waals surface area contributed by atoms with Crippen LogP contribution in [0.15, 0.2) is 24.5 Å². The maximum Gasteiger partial charge on any atom is 0.121 e. The third kappa shape index (κ3) is 2.08. The van der Waals surface area contributed by atoms with Crippen LogP contribution in [0.4, 0.5) is 0 Å². The highest BCUT2D eigenvalue weighted by atomic mass is 16.5. The van der Waals surface area contributed by atoms with Crippen LogP contribution in [0.5, 0.6) is 5.75 Å². The summed E-state index contributed by atoms with van der Waals surface area (Å²) in [7, 11) is 0. The van der Waals surface area contributed by atoms with Gasteiger partial charge in [0.05, 0.1) is 43.2 Å². The average molecular weight is 246 g/mol. The molecule has 0 saturated carbocycles. The second kappa shape index (κ2) is 4.98. The Balaban J connectivity index is 1.80. The molecule has 1 fully saturated rings. The molecule has 1 aromatic carbocycles. The fourth-order valence-corrected chi connectivity index (χ4v) is 2.11. The first-order chi connectivity index (χ1) is 8.88. The lowest BCUT2D eigenvalue weighted by molar-refractivity contribution is -0.0216. The largest absolute Gasteiger partial charge is 0.494 e. The molecule has 0 N–H and O–H groups in total. The van der Waals surface area contributed by atoms with Crippen molar-refractivity contribution in [2.24, 2.45) is 0 Å². The number of ether oxygens (including phenoxy) is 2. The van der Waals surface area contributed by atoms with E-state index < -0.39 is 0 Å². The van der Waals surface area contributed by atoms with E-state index in [1.165, 1.54) is 0 Å². The fraction of sp³-hybridized carbons (Fsp3) is 0.500. The van der Waals surface area contributed by atoms with Crippen LogP contribution in [-0.4, -0.2) is 29.4 Å². The monoisotopic (exact) mass is 246 g/mol. The second-order valence-electron chi connectivity index (χ2n) is 4.70. The summed E-state index contributed by atoms with van der Waals surface area (Å²) in [4.78, 5) is 4.44. The van der Waals surface area contributed by atoms with E-state index in [-0.39, 0.29) is 0 Å². The first-order valence-electron chi connectivity index (χ1n) is 6.55. The number of benzene rings is 1. The molecule has 1 saturated heterocycles. The van der Waals surface area contributed by atoms with E-state index in [2.05, 4.69) is 22.5 Å². The minimum absolute atomic E-state index is 0.446. The Labute approximate surface area is 107 Å². The number of hydrogen-bond donors (Lipinski definition) is 0. The summed E-state index contributed by atoms with van der Waals surface area (Å²) in [6, 6.07) is 6.57. The third-order valence-electron chi connectivity index (χ3n) is 3.33. The molecule has 2 heterocycles. The molecule has 96 valence electrons. The van der Waals surface area contributed by atoms with Crippen LogP contribution in [0, 0.1) is 0 Å². The zero-order valence-electron chi connectivity index (χ0n) is 10.6. The van der Waals surface area contributed by atoms with Gasteiger partial charge in [0.15, 0.2) is 0 Å². The molecule has 1 aliphatic rings. The number of nitrogens with zero attached hydrogens (tertiary/aromatic N) is 2. The van der Waals surface area contributed by atoms with Gasteiger partial charge in [-0.05, 0) is 18.6 Å². The van der Waals surface area contributed by atoms with E-state index in [4.69, 9.17) is 9.47 Å². The Kier molecular flexibility index (Phi) is 3.19. The maximum absolute atomic E-state index is 5.69. The van der Waals surface area contributed by atoms with E-state index in [0.717, 1.165) is 49.4 Å². The Bertz CT molecular complexity index is 532. The molecular weight excluding hydrogens is 228 g/mol. The van der Waals surface area contributed by atoms with Crippen molar-refractivity contribution in [3.63, 3.8) is 0 Å². The predicted octanol–water partition coefficient (Wildman–Crippen LogP) is 2.79. The van der Waals surface area contributed by atoms with Crippen molar-refractivity contribution in [3.8, 4) is 5.75 Å². The summed E-state index contributed by atoms with van der Waals surface area (Å²) >= 11 is 0. The van der Waals surface area contributed by atoms with Crippen LogP contribution in [-0.2, 0) is 4.74 Å². The summed E-state index contributed by atoms with van der Waals surface area (Å²) in [6.45, 7) is 4.52. The highest BCUT2D eigenvalue weighted by molar-refractivity contribution is 5.77. The molecule has 2 aromatic rings. The van der Waals surface area contributed by atoms with E-state index in [9.17, 15) is 0 Å². The van der Waals surface area contributed by atoms with E-state index >= 15 is 0 Å². The number of fused-ring (bicyclic) bond motifs is 1. The van der Waals surface area contributed by atoms with Gasteiger partial charge in [-0.15, -0.1) is 0 Å². The normalized spacial score (nSPS) is 15.8. The van der Waals surface area contributed by atoms with Crippen LogP contribution in [0.2, 0.25) is 0 Å². The number of hydrogen-bond acceptors (Lipinski definition) is 3. The fourth-order valence-electron chi connectivity index (χ4n) is 2.11. The molecule has 0 radical (unpaired) electrons. The standard InChI is InChI=1S/C14H18N2O2/c1-2-3-6-18-12-4-5-14-13(7-12)15-10-16(14)11-8-17-9-11/h4-5,7,10-11H,2-3,6,8-9H2,1H3. The van der Waals surface area contributed by atoms with Crippen LogP contribution >= 0.6 is 0 Å². The highest BCUT2D eigenvalue weighted by Crippen LogP contribution is 2.25. The topological polar surface area (TPSA) is 36.3 Å². The molecule has 0 spiro atoms. The molecule has 0 unspecified atom stereocenters. The second-order valence-corrected chi connectivity index (χ2v) is 4.70. The number of unbranched alkanes of at least 4 members (excludes halogenated alkanes) is 1. The Morgan fingerprint density at radius 3 is 3.06 bits per heavy atom. The van der Waals surface area contributed by atoms with Crippen molar-refractivity contribution in [1.82, 2.24) is 9.55 Å². The average Bonchev–Trinajstić information content (AvgIpc) is 2.71. The number of aromatic nitrogens is 2. The molecule has 1 aromatic heterocycles. The van der Waals surface area contributed by atoms with Crippen molar-refractivity contribution in [2.45, 2.75) is 25.8 Å². The third-order valence-corrected chi connectivity index (χ3v) is 3.33. The summed E-state index contributed by atoms with van der Waals surface area (Å²) in [6.07, 6.45) is 4.14. The molecule has 0 aliphatic carbocycles. The lowest BCUT2D eigenvalue weighted by Gasteiger charge is -2.27. The van der Waals surface area contributed by atoms with E-state index in [1.807, 2.05) is 18.5 Å². The molecule has 4 heteroatoms. The Hall–Kier alpha value is -1.55. The van der Waals surface area contributed by atoms with Gasteiger partial charge in [0.1, 0.15) is 5.75 Å². The van der Waals surface area contributed by atoms with E-state index in [1.54, 1.807) is 0 Å². The maximum atomic E-state index is 5.69. The quantitative estimate of drug-likeness (QED) is 0.761. The minimum Gasteiger partial charge on any atom is -0.494 e. The van der Waals surface area contributed by atoms with Crippen molar-refractivity contribution in [2.75, 3.05) is 19.8 Å². The van der Waals surface area contributed by atoms with Crippen molar-refractivity contribution in [3.05, 3.63) is 24.5 Å². The van der Waals surface area contributed by atoms with Gasteiger partial charge in [-0.3, -0.25) is 0 Å². The van der Waals surface area contributed by atoms with Gasteiger partial charge in [-0.1, -0.05) is 13.3 Å². The summed E-state index contributed by atoms with van der Waals surface area (Å²) in [5, 5.41) is 0. The van der Waals surface area contributed by atoms with Gasteiger partial charge in [0.25, 0.3) is 0 Å². The van der Waals surface area contributed by atoms with Gasteiger partial charge in [-0.2, -0.15) is 0 Å². The van der Waals surface area contributed by atoms with Crippen molar-refractivity contribution in [1.29, 1.82) is 0 Å². The predicted molar refractivity (Wildman–Crippen MR) is 70.0 cm³/mol. The highest BCUT2D eigenvalue weighted by Gasteiger charge is 2.21. The first kappa shape index (κ1) is 11.5. The number of imidazole rings is 1. The van der Waals surface area contributed by atoms with Crippen molar-refractivity contribution < 1.29 is 9.47 Å². The lowest BCUT2D eigenvalue weighted by atomic mass is 10.2. The minimum atomic E-state index is 0.446. The molecule has 1 aliphatic heterocycles. The first-order valence-corrected chi connectivity index (χ1v) is 6.55. The molecule has 0 amide bonds. The summed E-state index contributed by atoms with van der Waals surface area (Å²) in [5.41, 5.74) is 2.15. The summed E-state index contributed by atoms with van der Waals surface area (Å²) < 4.78 is 13.1. The van der Waals surface area contributed by atoms with Crippen LogP contribution in [0.1, 0.15) is 25.8 Å². The van der Waals surface area contributed by atoms with Crippen LogP contribution in [0.3, 0.4) is 0 Å². The molecular formula is C14H18N2O2. The number of rotatable bonds is 5. The molecule has 0 atom stereocenters. The Morgan fingerprint density at radius 2 is 2.33 bits per heavy atom. The van der Waals surface area contributed by atoms with E-state index in [0.29, 0.717) is 6.04 Å². The van der Waals surface area contributed by atoms with Gasteiger partial charge in [0, 0.05) is 6.07 Å². The molecule has 3 rings (SSSR count). The van der Waals surface area contributed by atoms with Gasteiger partial charge in [0.2, 0.25) is 0 Å². The molecule has 0 bridgehead atoms. The van der Waals surface area contributed by atoms with Gasteiger partial charge in [-0.25, -0.2) is 4.98 Å². The molecule has 4 nitrogen and oxygen atoms in total. The zero-order valence-corrected chi connectivity index (χ0v) is 10.6. The molecule has 18 heavy (non-hydrogen) atoms. The summed E-state index contributed by atoms with van der Waals surface area (Å²) in [5.74, 6) is 0.908. The van der Waals surface area contributed by atoms with Crippen LogP contribution < -0.4 is 4.74 Å². The zero-order chi connectivity index (χ0) is 12.4. The van der Waals surface area contributed by atoms with Gasteiger partial charge < -0.3 is 14.0 Å². The SMILES string of the molecule is CCCCOc1ccc2c(c1)ncn2C1COC1. The Morgan fingerprint density at radius 1 is 1.44 bits per heavy atom. The van der Waals surface area contributed by atoms with Gasteiger partial charge >= 0.3 is 0 Å². The smallest absolute Gasteiger partial charge is 0.121 e. The lowest BCUT2D eigenvalue weighted by Crippen LogP contribution is -2.30. The van der Waals surface area contributed by atoms with Crippen molar-refractivity contribution >= 4 is 11.0 Å².